The van der Waals surface area contributed by atoms with Crippen molar-refractivity contribution in [2.45, 2.75) is 33.2 Å². The molecule has 0 aliphatic carbocycles. The van der Waals surface area contributed by atoms with Crippen molar-refractivity contribution in [2.24, 2.45) is 11.7 Å². The molecule has 0 radical (unpaired) electrons. The standard InChI is InChI=1S/C14H24N4O/c1-4-10(2)13(15)14(19)18-8-7-17-12-5-6-16-9-11(12)3/h5-6,9-10,13H,4,7-8,15H2,1-3H3,(H,16,17)(H,18,19)/t10-,13-/m0/s1. The van der Waals surface area contributed by atoms with Crippen LogP contribution in [0.2, 0.25) is 0 Å². The van der Waals surface area contributed by atoms with Gasteiger partial charge in [0.1, 0.15) is 0 Å². The second kappa shape index (κ2) is 7.74. The molecule has 1 amide bonds. The molecule has 0 spiro atoms. The zero-order chi connectivity index (χ0) is 14.3. The Bertz CT molecular complexity index is 408. The maximum Gasteiger partial charge on any atom is 0.237 e. The van der Waals surface area contributed by atoms with E-state index in [0.29, 0.717) is 13.1 Å². The number of nitrogens with zero attached hydrogens (tertiary/aromatic N) is 1. The van der Waals surface area contributed by atoms with Gasteiger partial charge in [-0.3, -0.25) is 9.78 Å². The Morgan fingerprint density at radius 1 is 1.47 bits per heavy atom. The maximum absolute atomic E-state index is 11.7. The van der Waals surface area contributed by atoms with E-state index in [2.05, 4.69) is 15.6 Å². The molecule has 0 aliphatic rings. The summed E-state index contributed by atoms with van der Waals surface area (Å²) in [5.74, 6) is 0.123. The molecule has 4 N–H and O–H groups in total. The van der Waals surface area contributed by atoms with Gasteiger partial charge in [0.2, 0.25) is 5.91 Å². The third-order valence-electron chi connectivity index (χ3n) is 3.32. The Kier molecular flexibility index (Phi) is 6.29. The van der Waals surface area contributed by atoms with Crippen LogP contribution in [0.15, 0.2) is 18.5 Å². The predicted molar refractivity (Wildman–Crippen MR) is 77.9 cm³/mol. The molecule has 1 rings (SSSR count). The lowest BCUT2D eigenvalue weighted by Crippen LogP contribution is -2.45. The van der Waals surface area contributed by atoms with E-state index in [4.69, 9.17) is 5.73 Å². The lowest BCUT2D eigenvalue weighted by Gasteiger charge is -2.18. The minimum Gasteiger partial charge on any atom is -0.383 e. The van der Waals surface area contributed by atoms with E-state index in [1.54, 1.807) is 12.4 Å². The van der Waals surface area contributed by atoms with Crippen LogP contribution in [0.1, 0.15) is 25.8 Å². The van der Waals surface area contributed by atoms with Crippen LogP contribution in [0.3, 0.4) is 0 Å². The zero-order valence-electron chi connectivity index (χ0n) is 11.9. The first kappa shape index (κ1) is 15.4. The molecule has 2 atom stereocenters. The predicted octanol–water partition coefficient (Wildman–Crippen LogP) is 1.29. The molecule has 1 heterocycles. The highest BCUT2D eigenvalue weighted by Gasteiger charge is 2.18. The Hall–Kier alpha value is -1.62. The van der Waals surface area contributed by atoms with Gasteiger partial charge in [0.25, 0.3) is 0 Å². The quantitative estimate of drug-likeness (QED) is 0.648. The normalized spacial score (nSPS) is 13.7. The van der Waals surface area contributed by atoms with Crippen molar-refractivity contribution < 1.29 is 4.79 Å². The van der Waals surface area contributed by atoms with E-state index in [-0.39, 0.29) is 11.8 Å². The summed E-state index contributed by atoms with van der Waals surface area (Å²) in [5, 5.41) is 6.10. The maximum atomic E-state index is 11.7. The van der Waals surface area contributed by atoms with Gasteiger partial charge >= 0.3 is 0 Å². The molecule has 0 aromatic carbocycles. The summed E-state index contributed by atoms with van der Waals surface area (Å²) >= 11 is 0. The van der Waals surface area contributed by atoms with Crippen molar-refractivity contribution in [3.8, 4) is 0 Å². The molecular formula is C14H24N4O. The molecule has 0 saturated heterocycles. The molecule has 106 valence electrons. The molecule has 5 nitrogen and oxygen atoms in total. The van der Waals surface area contributed by atoms with Gasteiger partial charge in [-0.15, -0.1) is 0 Å². The van der Waals surface area contributed by atoms with Gasteiger partial charge < -0.3 is 16.4 Å². The Labute approximate surface area is 115 Å². The second-order valence-electron chi connectivity index (χ2n) is 4.82. The number of nitrogens with two attached hydrogens (primary N) is 1. The third kappa shape index (κ3) is 4.87. The number of carbonyl (C=O) groups is 1. The van der Waals surface area contributed by atoms with Gasteiger partial charge in [0, 0.05) is 31.2 Å². The molecule has 1 aromatic heterocycles. The fourth-order valence-electron chi connectivity index (χ4n) is 1.68. The summed E-state index contributed by atoms with van der Waals surface area (Å²) in [6, 6.07) is 1.50. The van der Waals surface area contributed by atoms with E-state index in [1.165, 1.54) is 0 Å². The monoisotopic (exact) mass is 264 g/mol. The van der Waals surface area contributed by atoms with Gasteiger partial charge in [0.15, 0.2) is 0 Å². The Morgan fingerprint density at radius 2 is 2.21 bits per heavy atom. The molecular weight excluding hydrogens is 240 g/mol. The van der Waals surface area contributed by atoms with Crippen LogP contribution in [0, 0.1) is 12.8 Å². The van der Waals surface area contributed by atoms with E-state index in [9.17, 15) is 4.79 Å². The van der Waals surface area contributed by atoms with Crippen LogP contribution in [0.25, 0.3) is 0 Å². The van der Waals surface area contributed by atoms with E-state index >= 15 is 0 Å². The molecule has 0 bridgehead atoms. The summed E-state index contributed by atoms with van der Waals surface area (Å²) in [6.07, 6.45) is 4.45. The second-order valence-corrected chi connectivity index (χ2v) is 4.82. The van der Waals surface area contributed by atoms with Crippen LogP contribution >= 0.6 is 0 Å². The number of carbonyl (C=O) groups excluding carboxylic acids is 1. The first-order chi connectivity index (χ1) is 9.06. The lowest BCUT2D eigenvalue weighted by atomic mass is 9.99. The van der Waals surface area contributed by atoms with Gasteiger partial charge in [-0.1, -0.05) is 20.3 Å². The number of amides is 1. The fourth-order valence-corrected chi connectivity index (χ4v) is 1.68. The number of anilines is 1. The van der Waals surface area contributed by atoms with E-state index in [0.717, 1.165) is 17.7 Å². The number of aromatic nitrogens is 1. The van der Waals surface area contributed by atoms with Crippen LogP contribution in [0.4, 0.5) is 5.69 Å². The first-order valence-electron chi connectivity index (χ1n) is 6.74. The van der Waals surface area contributed by atoms with Crippen molar-refractivity contribution in [3.05, 3.63) is 24.0 Å². The van der Waals surface area contributed by atoms with Crippen molar-refractivity contribution in [3.63, 3.8) is 0 Å². The lowest BCUT2D eigenvalue weighted by molar-refractivity contribution is -0.123. The minimum atomic E-state index is -0.423. The molecule has 5 heteroatoms. The first-order valence-corrected chi connectivity index (χ1v) is 6.74. The average molecular weight is 264 g/mol. The molecule has 0 saturated carbocycles. The molecule has 0 fully saturated rings. The van der Waals surface area contributed by atoms with E-state index in [1.807, 2.05) is 26.8 Å². The topological polar surface area (TPSA) is 80.0 Å². The summed E-state index contributed by atoms with van der Waals surface area (Å²) in [6.45, 7) is 7.25. The number of hydrogen-bond acceptors (Lipinski definition) is 4. The highest BCUT2D eigenvalue weighted by molar-refractivity contribution is 5.81. The summed E-state index contributed by atoms with van der Waals surface area (Å²) < 4.78 is 0. The minimum absolute atomic E-state index is 0.0809. The van der Waals surface area contributed by atoms with Crippen molar-refractivity contribution in [1.29, 1.82) is 0 Å². The summed E-state index contributed by atoms with van der Waals surface area (Å²) in [7, 11) is 0. The highest BCUT2D eigenvalue weighted by atomic mass is 16.2. The third-order valence-corrected chi connectivity index (χ3v) is 3.32. The molecule has 0 aliphatic heterocycles. The number of aryl methyl sites for hydroxylation is 1. The van der Waals surface area contributed by atoms with Gasteiger partial charge in [-0.2, -0.15) is 0 Å². The highest BCUT2D eigenvalue weighted by Crippen LogP contribution is 2.10. The summed E-state index contributed by atoms with van der Waals surface area (Å²) in [4.78, 5) is 15.8. The SMILES string of the molecule is CC[C@H](C)[C@H](N)C(=O)NCCNc1ccncc1C. The van der Waals surface area contributed by atoms with Crippen LogP contribution in [-0.4, -0.2) is 30.0 Å². The van der Waals surface area contributed by atoms with Crippen LogP contribution in [-0.2, 0) is 4.79 Å². The number of hydrogen-bond donors (Lipinski definition) is 3. The van der Waals surface area contributed by atoms with Crippen LogP contribution in [0.5, 0.6) is 0 Å². The number of pyridine rings is 1. The largest absolute Gasteiger partial charge is 0.383 e. The number of rotatable bonds is 7. The Balaban J connectivity index is 2.28. The molecule has 19 heavy (non-hydrogen) atoms. The molecule has 0 unspecified atom stereocenters. The van der Waals surface area contributed by atoms with Crippen molar-refractivity contribution >= 4 is 11.6 Å². The zero-order valence-corrected chi connectivity index (χ0v) is 11.9. The average Bonchev–Trinajstić information content (AvgIpc) is 2.43. The van der Waals surface area contributed by atoms with Crippen molar-refractivity contribution in [1.82, 2.24) is 10.3 Å². The number of nitrogens with one attached hydrogen (secondary N) is 2. The van der Waals surface area contributed by atoms with Crippen LogP contribution < -0.4 is 16.4 Å². The fraction of sp³-hybridized carbons (Fsp3) is 0.571. The molecule has 1 aromatic rings. The van der Waals surface area contributed by atoms with E-state index < -0.39 is 6.04 Å². The Morgan fingerprint density at radius 3 is 2.84 bits per heavy atom. The summed E-state index contributed by atoms with van der Waals surface area (Å²) in [5.41, 5.74) is 7.97. The van der Waals surface area contributed by atoms with Gasteiger partial charge in [-0.05, 0) is 24.5 Å². The van der Waals surface area contributed by atoms with Crippen molar-refractivity contribution in [2.75, 3.05) is 18.4 Å². The van der Waals surface area contributed by atoms with Gasteiger partial charge in [-0.25, -0.2) is 0 Å². The smallest absolute Gasteiger partial charge is 0.237 e. The van der Waals surface area contributed by atoms with Gasteiger partial charge in [0.05, 0.1) is 6.04 Å².